The molecule has 0 saturated carbocycles. The van der Waals surface area contributed by atoms with Crippen LogP contribution >= 0.6 is 24.4 Å². The number of nitrogens with one attached hydrogen (secondary N) is 3. The van der Waals surface area contributed by atoms with Crippen molar-refractivity contribution < 1.29 is 4.74 Å². The van der Waals surface area contributed by atoms with Gasteiger partial charge in [0, 0.05) is 50.3 Å². The predicted molar refractivity (Wildman–Crippen MR) is 180 cm³/mol. The molecule has 7 heteroatoms. The first-order chi connectivity index (χ1) is 19.5. The maximum Gasteiger partial charge on any atom is 0.170 e. The largest absolute Gasteiger partial charge is 0.482 e. The van der Waals surface area contributed by atoms with Crippen LogP contribution in [0.5, 0.6) is 5.75 Å². The monoisotopic (exact) mass is 586 g/mol. The van der Waals surface area contributed by atoms with Crippen molar-refractivity contribution in [2.75, 3.05) is 31.5 Å². The minimum Gasteiger partial charge on any atom is -0.482 e. The Hall–Kier alpha value is -1.86. The summed E-state index contributed by atoms with van der Waals surface area (Å²) >= 11 is 11.2. The summed E-state index contributed by atoms with van der Waals surface area (Å²) in [5, 5.41) is 11.8. The van der Waals surface area contributed by atoms with Crippen molar-refractivity contribution in [2.45, 2.75) is 122 Å². The summed E-state index contributed by atoms with van der Waals surface area (Å²) in [5.41, 5.74) is 1.85. The number of unbranched alkanes of at least 4 members (excludes halogenated alkanes) is 12. The third kappa shape index (κ3) is 11.6. The van der Waals surface area contributed by atoms with E-state index in [1.54, 1.807) is 0 Å². The highest BCUT2D eigenvalue weighted by molar-refractivity contribution is 7.80. The van der Waals surface area contributed by atoms with E-state index in [0.29, 0.717) is 5.11 Å². The third-order valence-corrected chi connectivity index (χ3v) is 8.82. The highest BCUT2D eigenvalue weighted by Gasteiger charge is 2.37. The Kier molecular flexibility index (Phi) is 15.1. The second-order valence-electron chi connectivity index (χ2n) is 11.6. The molecule has 5 nitrogen and oxygen atoms in total. The minimum absolute atomic E-state index is 0.236. The van der Waals surface area contributed by atoms with Gasteiger partial charge in [-0.05, 0) is 61.6 Å². The van der Waals surface area contributed by atoms with Gasteiger partial charge in [-0.3, -0.25) is 0 Å². The van der Waals surface area contributed by atoms with Crippen LogP contribution in [0.1, 0.15) is 122 Å². The number of likely N-dealkylation sites (tertiary alicyclic amines) is 1. The van der Waals surface area contributed by atoms with E-state index < -0.39 is 0 Å². The van der Waals surface area contributed by atoms with E-state index in [1.807, 2.05) is 0 Å². The third-order valence-electron chi connectivity index (χ3n) is 8.17. The van der Waals surface area contributed by atoms with Crippen molar-refractivity contribution in [2.24, 2.45) is 0 Å². The summed E-state index contributed by atoms with van der Waals surface area (Å²) < 4.78 is 6.58. The molecule has 224 valence electrons. The lowest BCUT2D eigenvalue weighted by atomic mass is 9.88. The number of benzene rings is 1. The first-order valence-corrected chi connectivity index (χ1v) is 17.0. The Bertz CT molecular complexity index is 927. The van der Waals surface area contributed by atoms with E-state index in [9.17, 15) is 0 Å². The standard InChI is InChI=1S/C33H54N4OS2/c1-3-5-7-9-11-13-15-23-34-31(39)36-29-17-18-30-28(27-29)19-20-33(38-30)21-25-37(26-22-33)32(40)35-24-16-14-12-10-8-6-4-2/h17-20,27H,3-16,21-26H2,1-2H3,(H,35,40)(H2,34,36,39). The Morgan fingerprint density at radius 2 is 1.38 bits per heavy atom. The van der Waals surface area contributed by atoms with Gasteiger partial charge in [0.2, 0.25) is 0 Å². The summed E-state index contributed by atoms with van der Waals surface area (Å²) in [6, 6.07) is 6.26. The molecule has 3 rings (SSSR count). The van der Waals surface area contributed by atoms with Crippen LogP contribution in [-0.2, 0) is 0 Å². The van der Waals surface area contributed by atoms with Gasteiger partial charge in [0.25, 0.3) is 0 Å². The van der Waals surface area contributed by atoms with Crippen molar-refractivity contribution in [3.8, 4) is 5.75 Å². The molecule has 3 N–H and O–H groups in total. The predicted octanol–water partition coefficient (Wildman–Crippen LogP) is 8.59. The molecule has 40 heavy (non-hydrogen) atoms. The summed E-state index contributed by atoms with van der Waals surface area (Å²) in [4.78, 5) is 2.31. The van der Waals surface area contributed by atoms with E-state index in [0.717, 1.165) is 67.6 Å². The average Bonchev–Trinajstić information content (AvgIpc) is 2.96. The van der Waals surface area contributed by atoms with E-state index in [-0.39, 0.29) is 5.60 Å². The number of piperidine rings is 1. The molecule has 1 aromatic rings. The van der Waals surface area contributed by atoms with Crippen LogP contribution in [0.15, 0.2) is 24.3 Å². The molecular weight excluding hydrogens is 533 g/mol. The van der Waals surface area contributed by atoms with Crippen LogP contribution in [0.4, 0.5) is 5.69 Å². The number of hydrogen-bond acceptors (Lipinski definition) is 3. The molecule has 1 spiro atoms. The van der Waals surface area contributed by atoms with Gasteiger partial charge in [-0.2, -0.15) is 0 Å². The number of hydrogen-bond donors (Lipinski definition) is 3. The summed E-state index contributed by atoms with van der Waals surface area (Å²) in [6.45, 7) is 8.27. The fraction of sp³-hybridized carbons (Fsp3) is 0.697. The number of thiocarbonyl (C=S) groups is 2. The SMILES string of the molecule is CCCCCCCCCNC(=S)Nc1ccc2c(c1)C=CC1(CCN(C(=S)NCCCCCCCCC)CC1)O2. The molecule has 0 atom stereocenters. The van der Waals surface area contributed by atoms with Crippen LogP contribution in [0.25, 0.3) is 6.08 Å². The maximum absolute atomic E-state index is 6.58. The van der Waals surface area contributed by atoms with Gasteiger partial charge in [0.15, 0.2) is 10.2 Å². The smallest absolute Gasteiger partial charge is 0.170 e. The molecule has 1 saturated heterocycles. The minimum atomic E-state index is -0.236. The van der Waals surface area contributed by atoms with Crippen LogP contribution < -0.4 is 20.7 Å². The molecular formula is C33H54N4OS2. The molecule has 0 aliphatic carbocycles. The van der Waals surface area contributed by atoms with Gasteiger partial charge in [-0.15, -0.1) is 0 Å². The Labute approximate surface area is 255 Å². The fourth-order valence-electron chi connectivity index (χ4n) is 5.55. The van der Waals surface area contributed by atoms with Crippen molar-refractivity contribution >= 4 is 46.4 Å². The normalized spacial score (nSPS) is 15.4. The first kappa shape index (κ1) is 32.7. The summed E-state index contributed by atoms with van der Waals surface area (Å²) in [6.07, 6.45) is 24.7. The average molecular weight is 587 g/mol. The second-order valence-corrected chi connectivity index (χ2v) is 12.4. The number of fused-ring (bicyclic) bond motifs is 1. The lowest BCUT2D eigenvalue weighted by Crippen LogP contribution is -2.51. The zero-order valence-corrected chi connectivity index (χ0v) is 26.8. The molecule has 1 fully saturated rings. The highest BCUT2D eigenvalue weighted by Crippen LogP contribution is 2.38. The highest BCUT2D eigenvalue weighted by atomic mass is 32.1. The van der Waals surface area contributed by atoms with Crippen LogP contribution in [-0.4, -0.2) is 46.9 Å². The number of rotatable bonds is 17. The van der Waals surface area contributed by atoms with Crippen molar-refractivity contribution in [1.82, 2.24) is 15.5 Å². The molecule has 1 aromatic carbocycles. The zero-order valence-electron chi connectivity index (χ0n) is 25.2. The second kappa shape index (κ2) is 18.5. The number of anilines is 1. The number of ether oxygens (including phenoxy) is 1. The van der Waals surface area contributed by atoms with Crippen LogP contribution in [0.2, 0.25) is 0 Å². The Balaban J connectivity index is 1.33. The van der Waals surface area contributed by atoms with Crippen molar-refractivity contribution in [3.63, 3.8) is 0 Å². The Morgan fingerprint density at radius 3 is 2.00 bits per heavy atom. The van der Waals surface area contributed by atoms with E-state index >= 15 is 0 Å². The van der Waals surface area contributed by atoms with E-state index in [2.05, 4.69) is 65.0 Å². The topological polar surface area (TPSA) is 48.6 Å². The number of nitrogens with zero attached hydrogens (tertiary/aromatic N) is 1. The Morgan fingerprint density at radius 1 is 0.800 bits per heavy atom. The van der Waals surface area contributed by atoms with Gasteiger partial charge >= 0.3 is 0 Å². The molecule has 0 unspecified atom stereocenters. The van der Waals surface area contributed by atoms with E-state index in [1.165, 1.54) is 83.5 Å². The quantitative estimate of drug-likeness (QED) is 0.125. The van der Waals surface area contributed by atoms with Crippen LogP contribution in [0.3, 0.4) is 0 Å². The van der Waals surface area contributed by atoms with Gasteiger partial charge in [-0.25, -0.2) is 0 Å². The molecule has 0 aromatic heterocycles. The van der Waals surface area contributed by atoms with Crippen molar-refractivity contribution in [1.29, 1.82) is 0 Å². The molecule has 2 aliphatic heterocycles. The molecule has 0 radical (unpaired) electrons. The van der Waals surface area contributed by atoms with E-state index in [4.69, 9.17) is 29.2 Å². The maximum atomic E-state index is 6.58. The molecule has 0 bridgehead atoms. The lowest BCUT2D eigenvalue weighted by Gasteiger charge is -2.42. The molecule has 2 aliphatic rings. The fourth-order valence-corrected chi connectivity index (χ4v) is 6.05. The van der Waals surface area contributed by atoms with Gasteiger partial charge in [0.1, 0.15) is 11.4 Å². The van der Waals surface area contributed by atoms with Crippen LogP contribution in [0, 0.1) is 0 Å². The van der Waals surface area contributed by atoms with Gasteiger partial charge in [0.05, 0.1) is 0 Å². The van der Waals surface area contributed by atoms with Gasteiger partial charge in [-0.1, -0.05) is 97.0 Å². The zero-order chi connectivity index (χ0) is 28.5. The molecule has 2 heterocycles. The van der Waals surface area contributed by atoms with Crippen molar-refractivity contribution in [3.05, 3.63) is 29.8 Å². The summed E-state index contributed by atoms with van der Waals surface area (Å²) in [7, 11) is 0. The lowest BCUT2D eigenvalue weighted by molar-refractivity contribution is 0.0586. The summed E-state index contributed by atoms with van der Waals surface area (Å²) in [5.74, 6) is 0.947. The first-order valence-electron chi connectivity index (χ1n) is 16.1. The molecule has 0 amide bonds. The van der Waals surface area contributed by atoms with Gasteiger partial charge < -0.3 is 25.6 Å².